The average Bonchev–Trinajstić information content (AvgIpc) is 2.83. The third kappa shape index (κ3) is 2.17. The first-order valence-electron chi connectivity index (χ1n) is 5.04. The van der Waals surface area contributed by atoms with Gasteiger partial charge in [-0.3, -0.25) is 4.79 Å². The van der Waals surface area contributed by atoms with Gasteiger partial charge in [0.15, 0.2) is 11.5 Å². The van der Waals surface area contributed by atoms with E-state index in [1.54, 1.807) is 18.2 Å². The van der Waals surface area contributed by atoms with Crippen LogP contribution >= 0.6 is 0 Å². The summed E-state index contributed by atoms with van der Waals surface area (Å²) in [4.78, 5) is 11.2. The molecule has 0 saturated carbocycles. The highest BCUT2D eigenvalue weighted by Gasteiger charge is 2.26. The molecule has 17 heavy (non-hydrogen) atoms. The van der Waals surface area contributed by atoms with E-state index in [0.717, 1.165) is 0 Å². The molecule has 6 nitrogen and oxygen atoms in total. The van der Waals surface area contributed by atoms with Crippen molar-refractivity contribution in [2.45, 2.75) is 12.1 Å². The zero-order valence-electron chi connectivity index (χ0n) is 9.25. The van der Waals surface area contributed by atoms with E-state index in [1.807, 2.05) is 0 Å². The zero-order chi connectivity index (χ0) is 12.4. The second kappa shape index (κ2) is 4.60. The lowest BCUT2D eigenvalue weighted by atomic mass is 10.0. The lowest BCUT2D eigenvalue weighted by Crippen LogP contribution is -2.37. The van der Waals surface area contributed by atoms with Crippen molar-refractivity contribution in [3.05, 3.63) is 23.8 Å². The summed E-state index contributed by atoms with van der Waals surface area (Å²) in [5.41, 5.74) is 6.03. The number of fused-ring (bicyclic) bond motifs is 1. The molecule has 0 fully saturated rings. The summed E-state index contributed by atoms with van der Waals surface area (Å²) in [6.07, 6.45) is -1.14. The van der Waals surface area contributed by atoms with E-state index in [4.69, 9.17) is 15.2 Å². The predicted molar refractivity (Wildman–Crippen MR) is 57.5 cm³/mol. The molecular formula is C11H13NO5. The smallest absolute Gasteiger partial charge is 0.325 e. The maximum Gasteiger partial charge on any atom is 0.325 e. The third-order valence-corrected chi connectivity index (χ3v) is 2.55. The van der Waals surface area contributed by atoms with E-state index in [1.165, 1.54) is 7.11 Å². The van der Waals surface area contributed by atoms with Gasteiger partial charge in [0, 0.05) is 0 Å². The number of aliphatic hydroxyl groups is 1. The molecule has 0 saturated heterocycles. The van der Waals surface area contributed by atoms with Crippen molar-refractivity contribution >= 4 is 5.97 Å². The van der Waals surface area contributed by atoms with E-state index in [0.29, 0.717) is 17.1 Å². The van der Waals surface area contributed by atoms with Crippen LogP contribution < -0.4 is 15.2 Å². The number of hydrogen-bond acceptors (Lipinski definition) is 6. The number of ether oxygens (including phenoxy) is 3. The van der Waals surface area contributed by atoms with Crippen molar-refractivity contribution in [3.63, 3.8) is 0 Å². The van der Waals surface area contributed by atoms with Gasteiger partial charge in [-0.05, 0) is 17.7 Å². The maximum absolute atomic E-state index is 11.2. The van der Waals surface area contributed by atoms with E-state index in [9.17, 15) is 9.90 Å². The van der Waals surface area contributed by atoms with Gasteiger partial charge in [0.05, 0.1) is 7.11 Å². The molecule has 92 valence electrons. The fraction of sp³-hybridized carbons (Fsp3) is 0.364. The van der Waals surface area contributed by atoms with Gasteiger partial charge in [-0.15, -0.1) is 0 Å². The minimum Gasteiger partial charge on any atom is -0.468 e. The van der Waals surface area contributed by atoms with Crippen LogP contribution in [0.4, 0.5) is 0 Å². The number of rotatable bonds is 3. The molecule has 0 aromatic heterocycles. The van der Waals surface area contributed by atoms with Crippen molar-refractivity contribution in [3.8, 4) is 11.5 Å². The number of methoxy groups -OCH3 is 1. The largest absolute Gasteiger partial charge is 0.468 e. The van der Waals surface area contributed by atoms with Gasteiger partial charge < -0.3 is 25.1 Å². The number of nitrogens with two attached hydrogens (primary N) is 1. The van der Waals surface area contributed by atoms with E-state index < -0.39 is 18.1 Å². The number of benzene rings is 1. The minimum absolute atomic E-state index is 0.151. The molecule has 1 aliphatic rings. The number of carbonyl (C=O) groups excluding carboxylic acids is 1. The van der Waals surface area contributed by atoms with Crippen LogP contribution in [0.5, 0.6) is 11.5 Å². The monoisotopic (exact) mass is 239 g/mol. The van der Waals surface area contributed by atoms with Gasteiger partial charge in [-0.1, -0.05) is 6.07 Å². The molecule has 0 unspecified atom stereocenters. The molecule has 0 amide bonds. The Labute approximate surface area is 97.9 Å². The topological polar surface area (TPSA) is 91.0 Å². The summed E-state index contributed by atoms with van der Waals surface area (Å²) < 4.78 is 14.8. The number of hydrogen-bond donors (Lipinski definition) is 2. The Morgan fingerprint density at radius 3 is 2.88 bits per heavy atom. The highest BCUT2D eigenvalue weighted by Crippen LogP contribution is 2.34. The molecule has 1 heterocycles. The first-order chi connectivity index (χ1) is 8.13. The van der Waals surface area contributed by atoms with Crippen molar-refractivity contribution in [2.24, 2.45) is 5.73 Å². The molecule has 3 N–H and O–H groups in total. The van der Waals surface area contributed by atoms with Crippen molar-refractivity contribution < 1.29 is 24.1 Å². The molecule has 0 aliphatic carbocycles. The van der Waals surface area contributed by atoms with Crippen LogP contribution in [0.2, 0.25) is 0 Å². The van der Waals surface area contributed by atoms with Crippen LogP contribution in [0.15, 0.2) is 18.2 Å². The number of carbonyl (C=O) groups is 1. The fourth-order valence-corrected chi connectivity index (χ4v) is 1.57. The maximum atomic E-state index is 11.2. The van der Waals surface area contributed by atoms with Crippen molar-refractivity contribution in [2.75, 3.05) is 13.9 Å². The minimum atomic E-state index is -1.14. The molecule has 2 atom stereocenters. The Bertz CT molecular complexity index is 434. The highest BCUT2D eigenvalue weighted by atomic mass is 16.7. The first kappa shape index (κ1) is 11.7. The quantitative estimate of drug-likeness (QED) is 0.718. The summed E-state index contributed by atoms with van der Waals surface area (Å²) in [5.74, 6) is 0.460. The van der Waals surface area contributed by atoms with Crippen LogP contribution in [0, 0.1) is 0 Å². The van der Waals surface area contributed by atoms with E-state index in [2.05, 4.69) is 4.74 Å². The van der Waals surface area contributed by atoms with Gasteiger partial charge in [0.25, 0.3) is 0 Å². The van der Waals surface area contributed by atoms with Crippen LogP contribution in [0.25, 0.3) is 0 Å². The highest BCUT2D eigenvalue weighted by molar-refractivity contribution is 5.76. The average molecular weight is 239 g/mol. The molecule has 0 radical (unpaired) electrons. The second-order valence-electron chi connectivity index (χ2n) is 3.61. The second-order valence-corrected chi connectivity index (χ2v) is 3.61. The van der Waals surface area contributed by atoms with Gasteiger partial charge in [-0.25, -0.2) is 0 Å². The number of esters is 1. The molecule has 0 spiro atoms. The molecule has 1 aromatic carbocycles. The van der Waals surface area contributed by atoms with Crippen LogP contribution in [-0.4, -0.2) is 31.0 Å². The Kier molecular flexibility index (Phi) is 3.16. The lowest BCUT2D eigenvalue weighted by Gasteiger charge is -2.17. The summed E-state index contributed by atoms with van der Waals surface area (Å²) in [5, 5.41) is 9.90. The molecule has 6 heteroatoms. The van der Waals surface area contributed by atoms with Gasteiger partial charge in [0.2, 0.25) is 6.79 Å². The molecular weight excluding hydrogens is 226 g/mol. The lowest BCUT2D eigenvalue weighted by molar-refractivity contribution is -0.145. The number of aliphatic hydroxyl groups excluding tert-OH is 1. The van der Waals surface area contributed by atoms with E-state index >= 15 is 0 Å². The van der Waals surface area contributed by atoms with Crippen molar-refractivity contribution in [1.82, 2.24) is 0 Å². The molecule has 0 bridgehead atoms. The predicted octanol–water partition coefficient (Wildman–Crippen LogP) is -0.0510. The van der Waals surface area contributed by atoms with Gasteiger partial charge >= 0.3 is 5.97 Å². The Morgan fingerprint density at radius 2 is 2.18 bits per heavy atom. The molecule has 2 rings (SSSR count). The summed E-state index contributed by atoms with van der Waals surface area (Å²) >= 11 is 0. The summed E-state index contributed by atoms with van der Waals surface area (Å²) in [6, 6.07) is 3.75. The summed E-state index contributed by atoms with van der Waals surface area (Å²) in [7, 11) is 1.22. The van der Waals surface area contributed by atoms with Gasteiger partial charge in [-0.2, -0.15) is 0 Å². The molecule has 1 aliphatic heterocycles. The zero-order valence-corrected chi connectivity index (χ0v) is 9.25. The van der Waals surface area contributed by atoms with Crippen LogP contribution in [-0.2, 0) is 9.53 Å². The van der Waals surface area contributed by atoms with Crippen LogP contribution in [0.3, 0.4) is 0 Å². The summed E-state index contributed by atoms with van der Waals surface area (Å²) in [6.45, 7) is 0.151. The standard InChI is InChI=1S/C11H13NO5/c1-15-11(14)9(12)10(13)6-2-3-7-8(4-6)17-5-16-7/h2-4,9-10,13H,5,12H2,1H3/t9-,10+/m0/s1. The van der Waals surface area contributed by atoms with Gasteiger partial charge in [0.1, 0.15) is 12.1 Å². The van der Waals surface area contributed by atoms with E-state index in [-0.39, 0.29) is 6.79 Å². The first-order valence-corrected chi connectivity index (χ1v) is 5.04. The SMILES string of the molecule is COC(=O)[C@@H](N)[C@H](O)c1ccc2c(c1)OCO2. The Morgan fingerprint density at radius 1 is 1.47 bits per heavy atom. The normalized spacial score (nSPS) is 16.4. The third-order valence-electron chi connectivity index (χ3n) is 2.55. The fourth-order valence-electron chi connectivity index (χ4n) is 1.57. The van der Waals surface area contributed by atoms with Crippen LogP contribution in [0.1, 0.15) is 11.7 Å². The van der Waals surface area contributed by atoms with Crippen molar-refractivity contribution in [1.29, 1.82) is 0 Å². The Balaban J connectivity index is 2.19. The Hall–Kier alpha value is -1.79. The molecule has 1 aromatic rings.